The van der Waals surface area contributed by atoms with Crippen molar-refractivity contribution in [2.45, 2.75) is 26.2 Å². The largest absolute Gasteiger partial charge is 0.356 e. The van der Waals surface area contributed by atoms with Crippen molar-refractivity contribution < 1.29 is 4.79 Å². The average molecular weight is 339 g/mol. The van der Waals surface area contributed by atoms with E-state index in [1.54, 1.807) is 19.0 Å². The zero-order valence-corrected chi connectivity index (χ0v) is 15.1. The molecule has 0 N–H and O–H groups in total. The molecule has 0 radical (unpaired) electrons. The van der Waals surface area contributed by atoms with Gasteiger partial charge >= 0.3 is 0 Å². The predicted octanol–water partition coefficient (Wildman–Crippen LogP) is 2.34. The molecule has 2 aromatic heterocycles. The van der Waals surface area contributed by atoms with Crippen molar-refractivity contribution in [3.63, 3.8) is 0 Å². The van der Waals surface area contributed by atoms with Crippen molar-refractivity contribution in [3.05, 3.63) is 47.7 Å². The van der Waals surface area contributed by atoms with Crippen LogP contribution in [0.5, 0.6) is 0 Å². The minimum Gasteiger partial charge on any atom is -0.356 e. The molecule has 1 aliphatic heterocycles. The van der Waals surface area contributed by atoms with Crippen LogP contribution in [0.4, 0.5) is 5.82 Å². The minimum absolute atomic E-state index is 0.0782. The Kier molecular flexibility index (Phi) is 5.26. The lowest BCUT2D eigenvalue weighted by molar-refractivity contribution is 0.0821. The summed E-state index contributed by atoms with van der Waals surface area (Å²) in [6.07, 6.45) is 5.02. The number of hydrogen-bond donors (Lipinski definition) is 0. The van der Waals surface area contributed by atoms with Crippen LogP contribution in [0.1, 0.15) is 34.8 Å². The lowest BCUT2D eigenvalue weighted by atomic mass is 9.93. The second kappa shape index (κ2) is 7.59. The van der Waals surface area contributed by atoms with E-state index in [2.05, 4.69) is 25.9 Å². The van der Waals surface area contributed by atoms with Gasteiger partial charge in [0, 0.05) is 39.1 Å². The van der Waals surface area contributed by atoms with Crippen LogP contribution in [0.3, 0.4) is 0 Å². The number of amides is 1. The second-order valence-corrected chi connectivity index (χ2v) is 6.84. The van der Waals surface area contributed by atoms with E-state index in [-0.39, 0.29) is 5.91 Å². The smallest absolute Gasteiger partial charge is 0.272 e. The summed E-state index contributed by atoms with van der Waals surface area (Å²) in [6.45, 7) is 3.86. The fourth-order valence-corrected chi connectivity index (χ4v) is 3.35. The lowest BCUT2D eigenvalue weighted by Gasteiger charge is -2.33. The van der Waals surface area contributed by atoms with Gasteiger partial charge in [-0.15, -0.1) is 0 Å². The van der Waals surface area contributed by atoms with Crippen molar-refractivity contribution >= 4 is 11.7 Å². The molecule has 6 heteroatoms. The molecule has 0 unspecified atom stereocenters. The van der Waals surface area contributed by atoms with E-state index < -0.39 is 0 Å². The number of pyridine rings is 1. The van der Waals surface area contributed by atoms with E-state index in [4.69, 9.17) is 0 Å². The van der Waals surface area contributed by atoms with E-state index in [1.807, 2.05) is 31.3 Å². The van der Waals surface area contributed by atoms with Gasteiger partial charge in [0.15, 0.2) is 0 Å². The molecule has 0 spiro atoms. The predicted molar refractivity (Wildman–Crippen MR) is 97.7 cm³/mol. The number of hydrogen-bond acceptors (Lipinski definition) is 5. The van der Waals surface area contributed by atoms with Gasteiger partial charge in [-0.3, -0.25) is 4.79 Å². The lowest BCUT2D eigenvalue weighted by Crippen LogP contribution is -2.36. The maximum absolute atomic E-state index is 12.2. The molecule has 25 heavy (non-hydrogen) atoms. The molecule has 2 aromatic rings. The molecule has 0 aromatic carbocycles. The summed E-state index contributed by atoms with van der Waals surface area (Å²) in [5.41, 5.74) is 1.43. The number of rotatable bonds is 4. The summed E-state index contributed by atoms with van der Waals surface area (Å²) in [4.78, 5) is 29.4. The normalized spacial score (nSPS) is 17.4. The molecule has 1 aliphatic rings. The van der Waals surface area contributed by atoms with Crippen LogP contribution in [0.25, 0.3) is 0 Å². The number of anilines is 1. The van der Waals surface area contributed by atoms with Crippen molar-refractivity contribution in [2.24, 2.45) is 5.92 Å². The van der Waals surface area contributed by atoms with Crippen molar-refractivity contribution in [2.75, 3.05) is 32.1 Å². The van der Waals surface area contributed by atoms with Crippen molar-refractivity contribution in [1.29, 1.82) is 0 Å². The van der Waals surface area contributed by atoms with Crippen LogP contribution in [0, 0.1) is 12.8 Å². The summed E-state index contributed by atoms with van der Waals surface area (Å²) in [5.74, 6) is 2.12. The molecule has 1 fully saturated rings. The van der Waals surface area contributed by atoms with Gasteiger partial charge in [-0.25, -0.2) is 15.0 Å². The molecular weight excluding hydrogens is 314 g/mol. The van der Waals surface area contributed by atoms with Crippen LogP contribution in [-0.4, -0.2) is 52.9 Å². The van der Waals surface area contributed by atoms with E-state index >= 15 is 0 Å². The highest BCUT2D eigenvalue weighted by molar-refractivity contribution is 5.92. The van der Waals surface area contributed by atoms with Gasteiger partial charge in [0.1, 0.15) is 17.3 Å². The molecule has 1 atom stereocenters. The van der Waals surface area contributed by atoms with E-state index in [9.17, 15) is 4.79 Å². The van der Waals surface area contributed by atoms with Crippen LogP contribution in [-0.2, 0) is 6.42 Å². The Morgan fingerprint density at radius 2 is 2.16 bits per heavy atom. The van der Waals surface area contributed by atoms with E-state index in [0.29, 0.717) is 17.4 Å². The maximum atomic E-state index is 12.2. The highest BCUT2D eigenvalue weighted by Gasteiger charge is 2.22. The molecule has 132 valence electrons. The zero-order valence-electron chi connectivity index (χ0n) is 15.1. The quantitative estimate of drug-likeness (QED) is 0.855. The number of aromatic nitrogens is 3. The topological polar surface area (TPSA) is 62.2 Å². The zero-order chi connectivity index (χ0) is 17.8. The molecule has 0 aliphatic carbocycles. The van der Waals surface area contributed by atoms with E-state index in [0.717, 1.165) is 37.4 Å². The SMILES string of the molecule is Cc1nc(C[C@@H]2CCCN(c3ccccn3)C2)cc(C(=O)N(C)C)n1. The van der Waals surface area contributed by atoms with Gasteiger partial charge in [-0.1, -0.05) is 6.07 Å². The molecule has 0 bridgehead atoms. The molecular formula is C19H25N5O. The van der Waals surface area contributed by atoms with Gasteiger partial charge < -0.3 is 9.80 Å². The summed E-state index contributed by atoms with van der Waals surface area (Å²) < 4.78 is 0. The van der Waals surface area contributed by atoms with Gasteiger partial charge in [-0.05, 0) is 50.3 Å². The monoisotopic (exact) mass is 339 g/mol. The van der Waals surface area contributed by atoms with Gasteiger partial charge in [0.25, 0.3) is 5.91 Å². The summed E-state index contributed by atoms with van der Waals surface area (Å²) >= 11 is 0. The first-order valence-corrected chi connectivity index (χ1v) is 8.75. The molecule has 3 rings (SSSR count). The van der Waals surface area contributed by atoms with Gasteiger partial charge in [0.05, 0.1) is 0 Å². The number of carbonyl (C=O) groups is 1. The molecule has 3 heterocycles. The number of nitrogens with zero attached hydrogens (tertiary/aromatic N) is 5. The van der Waals surface area contributed by atoms with Crippen LogP contribution < -0.4 is 4.90 Å². The third kappa shape index (κ3) is 4.32. The Labute approximate surface area is 148 Å². The number of carbonyl (C=O) groups excluding carboxylic acids is 1. The summed E-state index contributed by atoms with van der Waals surface area (Å²) in [7, 11) is 3.48. The van der Waals surface area contributed by atoms with Gasteiger partial charge in [0.2, 0.25) is 0 Å². The summed E-state index contributed by atoms with van der Waals surface area (Å²) in [5, 5.41) is 0. The molecule has 1 saturated heterocycles. The Bertz CT molecular complexity index is 732. The first-order chi connectivity index (χ1) is 12.0. The Hall–Kier alpha value is -2.50. The first-order valence-electron chi connectivity index (χ1n) is 8.75. The number of piperidine rings is 1. The standard InChI is InChI=1S/C19H25N5O/c1-14-21-16(12-17(22-14)19(25)23(2)3)11-15-7-6-10-24(13-15)18-8-4-5-9-20-18/h4-5,8-9,12,15H,6-7,10-11,13H2,1-3H3/t15-/m0/s1. The third-order valence-corrected chi connectivity index (χ3v) is 4.51. The summed E-state index contributed by atoms with van der Waals surface area (Å²) in [6, 6.07) is 7.87. The Balaban J connectivity index is 1.72. The van der Waals surface area contributed by atoms with Crippen molar-refractivity contribution in [1.82, 2.24) is 19.9 Å². The molecule has 0 saturated carbocycles. The van der Waals surface area contributed by atoms with Crippen LogP contribution >= 0.6 is 0 Å². The van der Waals surface area contributed by atoms with Crippen molar-refractivity contribution in [3.8, 4) is 0 Å². The fourth-order valence-electron chi connectivity index (χ4n) is 3.35. The Morgan fingerprint density at radius 1 is 1.32 bits per heavy atom. The first kappa shape index (κ1) is 17.3. The third-order valence-electron chi connectivity index (χ3n) is 4.51. The number of aryl methyl sites for hydroxylation is 1. The highest BCUT2D eigenvalue weighted by Crippen LogP contribution is 2.24. The molecule has 6 nitrogen and oxygen atoms in total. The average Bonchev–Trinajstić information content (AvgIpc) is 2.61. The molecule has 1 amide bonds. The minimum atomic E-state index is -0.0782. The Morgan fingerprint density at radius 3 is 2.88 bits per heavy atom. The van der Waals surface area contributed by atoms with Crippen LogP contribution in [0.15, 0.2) is 30.5 Å². The van der Waals surface area contributed by atoms with E-state index in [1.165, 1.54) is 6.42 Å². The fraction of sp³-hybridized carbons (Fsp3) is 0.474. The second-order valence-electron chi connectivity index (χ2n) is 6.84. The van der Waals surface area contributed by atoms with Gasteiger partial charge in [-0.2, -0.15) is 0 Å². The maximum Gasteiger partial charge on any atom is 0.272 e. The highest BCUT2D eigenvalue weighted by atomic mass is 16.2. The van der Waals surface area contributed by atoms with Crippen LogP contribution in [0.2, 0.25) is 0 Å².